The number of benzene rings is 3. The highest BCUT2D eigenvalue weighted by molar-refractivity contribution is 6.05. The Morgan fingerprint density at radius 2 is 1.72 bits per heavy atom. The molecule has 29 heavy (non-hydrogen) atoms. The van der Waals surface area contributed by atoms with Gasteiger partial charge in [0.15, 0.2) is 0 Å². The van der Waals surface area contributed by atoms with Crippen LogP contribution in [-0.4, -0.2) is 40.4 Å². The van der Waals surface area contributed by atoms with Crippen LogP contribution >= 0.6 is 0 Å². The molecule has 152 valence electrons. The van der Waals surface area contributed by atoms with Gasteiger partial charge in [-0.2, -0.15) is 0 Å². The van der Waals surface area contributed by atoms with E-state index in [4.69, 9.17) is 4.74 Å². The van der Waals surface area contributed by atoms with Gasteiger partial charge in [-0.05, 0) is 74.5 Å². The summed E-state index contributed by atoms with van der Waals surface area (Å²) in [7, 11) is 3.63. The molecule has 1 aliphatic heterocycles. The zero-order chi connectivity index (χ0) is 21.0. The van der Waals surface area contributed by atoms with Gasteiger partial charge in [0, 0.05) is 29.3 Å². The van der Waals surface area contributed by atoms with Crippen molar-refractivity contribution in [3.05, 3.63) is 47.0 Å². The topological polar surface area (TPSA) is 73.2 Å². The molecule has 3 aromatic rings. The Balaban J connectivity index is 2.11. The Bertz CT molecular complexity index is 1120. The van der Waals surface area contributed by atoms with Crippen molar-refractivity contribution in [3.63, 3.8) is 0 Å². The van der Waals surface area contributed by atoms with Gasteiger partial charge in [-0.15, -0.1) is 0 Å². The van der Waals surface area contributed by atoms with Crippen molar-refractivity contribution in [1.82, 2.24) is 4.90 Å². The predicted octanol–water partition coefficient (Wildman–Crippen LogP) is 4.88. The van der Waals surface area contributed by atoms with Gasteiger partial charge in [0.25, 0.3) is 0 Å². The normalized spacial score (nSPS) is 19.3. The number of ether oxygens (including phenoxy) is 1. The van der Waals surface area contributed by atoms with Gasteiger partial charge >= 0.3 is 0 Å². The molecule has 2 atom stereocenters. The number of fused-ring (bicyclic) bond motifs is 2. The number of phenols is 3. The third kappa shape index (κ3) is 2.88. The highest BCUT2D eigenvalue weighted by atomic mass is 16.5. The van der Waals surface area contributed by atoms with E-state index >= 15 is 0 Å². The van der Waals surface area contributed by atoms with Crippen molar-refractivity contribution in [2.75, 3.05) is 14.2 Å². The second-order valence-electron chi connectivity index (χ2n) is 8.10. The molecular formula is C24H27NO4. The van der Waals surface area contributed by atoms with Gasteiger partial charge in [-0.25, -0.2) is 0 Å². The molecule has 3 N–H and O–H groups in total. The fourth-order valence-electron chi connectivity index (χ4n) is 4.67. The summed E-state index contributed by atoms with van der Waals surface area (Å²) in [5, 5.41) is 33.5. The zero-order valence-electron chi connectivity index (χ0n) is 17.4. The van der Waals surface area contributed by atoms with E-state index in [9.17, 15) is 15.3 Å². The smallest absolute Gasteiger partial charge is 0.130 e. The van der Waals surface area contributed by atoms with E-state index in [1.165, 1.54) is 6.07 Å². The van der Waals surface area contributed by atoms with E-state index in [1.807, 2.05) is 25.1 Å². The van der Waals surface area contributed by atoms with Crippen molar-refractivity contribution in [2.24, 2.45) is 0 Å². The number of hydrogen-bond donors (Lipinski definition) is 3. The van der Waals surface area contributed by atoms with Crippen LogP contribution < -0.4 is 4.74 Å². The summed E-state index contributed by atoms with van der Waals surface area (Å²) in [5.74, 6) is 0.879. The Morgan fingerprint density at radius 3 is 2.41 bits per heavy atom. The first-order valence-electron chi connectivity index (χ1n) is 9.84. The zero-order valence-corrected chi connectivity index (χ0v) is 17.4. The van der Waals surface area contributed by atoms with Gasteiger partial charge < -0.3 is 20.1 Å². The summed E-state index contributed by atoms with van der Waals surface area (Å²) in [6.07, 6.45) is 0.707. The summed E-state index contributed by atoms with van der Waals surface area (Å²) in [5.41, 5.74) is 4.32. The van der Waals surface area contributed by atoms with E-state index in [-0.39, 0.29) is 29.3 Å². The minimum atomic E-state index is 0.0211. The minimum absolute atomic E-state index is 0.0211. The summed E-state index contributed by atoms with van der Waals surface area (Å²) >= 11 is 0. The highest BCUT2D eigenvalue weighted by Gasteiger charge is 2.33. The van der Waals surface area contributed by atoms with Crippen molar-refractivity contribution < 1.29 is 20.1 Å². The first-order valence-corrected chi connectivity index (χ1v) is 9.84. The fraction of sp³-hybridized carbons (Fsp3) is 0.333. The maximum atomic E-state index is 10.9. The molecule has 0 spiro atoms. The lowest BCUT2D eigenvalue weighted by Gasteiger charge is -2.39. The molecule has 5 nitrogen and oxygen atoms in total. The van der Waals surface area contributed by atoms with Gasteiger partial charge in [-0.1, -0.05) is 6.07 Å². The molecule has 4 rings (SSSR count). The van der Waals surface area contributed by atoms with Crippen molar-refractivity contribution in [3.8, 4) is 34.1 Å². The molecule has 1 aliphatic rings. The second-order valence-corrected chi connectivity index (χ2v) is 8.10. The van der Waals surface area contributed by atoms with Crippen LogP contribution in [0.25, 0.3) is 21.9 Å². The van der Waals surface area contributed by atoms with Gasteiger partial charge in [0.2, 0.25) is 0 Å². The number of aryl methyl sites for hydroxylation is 1. The second kappa shape index (κ2) is 6.85. The van der Waals surface area contributed by atoms with Crippen molar-refractivity contribution >= 4 is 10.8 Å². The van der Waals surface area contributed by atoms with Crippen molar-refractivity contribution in [2.45, 2.75) is 39.3 Å². The number of likely N-dealkylation sites (N-methyl/N-ethyl adjacent to an activating group) is 1. The maximum Gasteiger partial charge on any atom is 0.130 e. The minimum Gasteiger partial charge on any atom is -0.507 e. The van der Waals surface area contributed by atoms with Gasteiger partial charge in [0.05, 0.1) is 12.5 Å². The number of rotatable bonds is 2. The standard InChI is InChI=1S/C24H27NO4/c1-12-8-16-15(6-7-18(26)24(16)21(9-12)29-5)23-17-10-13(2)25(4)14(3)22(17)19(27)11-20(23)28/h6-9,11,13-14,26-28H,10H2,1-5H3. The Morgan fingerprint density at radius 1 is 1.00 bits per heavy atom. The molecular weight excluding hydrogens is 366 g/mol. The molecule has 2 unspecified atom stereocenters. The lowest BCUT2D eigenvalue weighted by Crippen LogP contribution is -2.38. The van der Waals surface area contributed by atoms with E-state index < -0.39 is 0 Å². The lowest BCUT2D eigenvalue weighted by atomic mass is 9.82. The molecule has 5 heteroatoms. The predicted molar refractivity (Wildman–Crippen MR) is 115 cm³/mol. The largest absolute Gasteiger partial charge is 0.507 e. The molecule has 0 aromatic heterocycles. The Labute approximate surface area is 170 Å². The van der Waals surface area contributed by atoms with Crippen LogP contribution in [-0.2, 0) is 6.42 Å². The highest BCUT2D eigenvalue weighted by Crippen LogP contribution is 2.49. The quantitative estimate of drug-likeness (QED) is 0.579. The van der Waals surface area contributed by atoms with Gasteiger partial charge in [-0.3, -0.25) is 4.90 Å². The number of aromatic hydroxyl groups is 3. The number of methoxy groups -OCH3 is 1. The van der Waals surface area contributed by atoms with Crippen LogP contribution in [0.3, 0.4) is 0 Å². The van der Waals surface area contributed by atoms with Crippen LogP contribution in [0.4, 0.5) is 0 Å². The first kappa shape index (κ1) is 19.4. The van der Waals surface area contributed by atoms with Gasteiger partial charge in [0.1, 0.15) is 23.0 Å². The average molecular weight is 393 g/mol. The van der Waals surface area contributed by atoms with Crippen LogP contribution in [0.1, 0.15) is 36.6 Å². The third-order valence-corrected chi connectivity index (χ3v) is 6.35. The van der Waals surface area contributed by atoms with E-state index in [0.29, 0.717) is 23.1 Å². The van der Waals surface area contributed by atoms with Crippen LogP contribution in [0.2, 0.25) is 0 Å². The summed E-state index contributed by atoms with van der Waals surface area (Å²) in [4.78, 5) is 2.23. The number of nitrogens with zero attached hydrogens (tertiary/aromatic N) is 1. The molecule has 0 saturated carbocycles. The van der Waals surface area contributed by atoms with E-state index in [0.717, 1.165) is 27.6 Å². The van der Waals surface area contributed by atoms with E-state index in [1.54, 1.807) is 13.2 Å². The van der Waals surface area contributed by atoms with Crippen molar-refractivity contribution in [1.29, 1.82) is 0 Å². The third-order valence-electron chi connectivity index (χ3n) is 6.35. The molecule has 0 radical (unpaired) electrons. The molecule has 0 saturated heterocycles. The fourth-order valence-corrected chi connectivity index (χ4v) is 4.67. The monoisotopic (exact) mass is 393 g/mol. The SMILES string of the molecule is COc1cc(C)cc2c(-c3c(O)cc(O)c4c3CC(C)N(C)C4C)ccc(O)c12. The average Bonchev–Trinajstić information content (AvgIpc) is 2.66. The summed E-state index contributed by atoms with van der Waals surface area (Å²) in [6, 6.07) is 9.06. The molecule has 1 heterocycles. The molecule has 0 bridgehead atoms. The Kier molecular flexibility index (Phi) is 4.58. The van der Waals surface area contributed by atoms with E-state index in [2.05, 4.69) is 25.8 Å². The lowest BCUT2D eigenvalue weighted by molar-refractivity contribution is 0.176. The van der Waals surface area contributed by atoms with Crippen LogP contribution in [0.5, 0.6) is 23.0 Å². The molecule has 0 fully saturated rings. The summed E-state index contributed by atoms with van der Waals surface area (Å²) < 4.78 is 5.52. The summed E-state index contributed by atoms with van der Waals surface area (Å²) in [6.45, 7) is 6.19. The molecule has 0 amide bonds. The van der Waals surface area contributed by atoms with Crippen LogP contribution in [0.15, 0.2) is 30.3 Å². The number of phenolic OH excluding ortho intramolecular Hbond substituents is 3. The molecule has 3 aromatic carbocycles. The first-order chi connectivity index (χ1) is 13.7. The maximum absolute atomic E-state index is 10.9. The van der Waals surface area contributed by atoms with Crippen LogP contribution in [0, 0.1) is 6.92 Å². The number of hydrogen-bond acceptors (Lipinski definition) is 5. The Hall–Kier alpha value is -2.92. The molecule has 0 aliphatic carbocycles.